The first-order chi connectivity index (χ1) is 9.95. The Morgan fingerprint density at radius 1 is 0.850 bits per heavy atom. The van der Waals surface area contributed by atoms with E-state index in [-0.39, 0.29) is 0 Å². The molecule has 1 aliphatic carbocycles. The molecule has 0 N–H and O–H groups in total. The Labute approximate surface area is 126 Å². The fourth-order valence-electron chi connectivity index (χ4n) is 1.51. The van der Waals surface area contributed by atoms with Crippen LogP contribution in [0.15, 0.2) is 73.4 Å². The van der Waals surface area contributed by atoms with Crippen LogP contribution in [0, 0.1) is 0 Å². The van der Waals surface area contributed by atoms with E-state index in [1.54, 1.807) is 0 Å². The van der Waals surface area contributed by atoms with Crippen LogP contribution in [0.1, 0.15) is 46.1 Å². The van der Waals surface area contributed by atoms with Crippen LogP contribution in [-0.4, -0.2) is 0 Å². The van der Waals surface area contributed by atoms with Gasteiger partial charge in [-0.2, -0.15) is 0 Å². The van der Waals surface area contributed by atoms with Gasteiger partial charge in [-0.3, -0.25) is 0 Å². The Bertz CT molecular complexity index is 380. The van der Waals surface area contributed by atoms with Gasteiger partial charge in [0.05, 0.1) is 0 Å². The van der Waals surface area contributed by atoms with Crippen molar-refractivity contribution in [1.82, 2.24) is 0 Å². The van der Waals surface area contributed by atoms with Gasteiger partial charge in [-0.1, -0.05) is 88.4 Å². The summed E-state index contributed by atoms with van der Waals surface area (Å²) in [6.45, 7) is 14.0. The highest BCUT2D eigenvalue weighted by atomic mass is 14.0. The van der Waals surface area contributed by atoms with Crippen LogP contribution >= 0.6 is 0 Å². The zero-order valence-corrected chi connectivity index (χ0v) is 13.6. The summed E-state index contributed by atoms with van der Waals surface area (Å²) in [4.78, 5) is 0. The van der Waals surface area contributed by atoms with E-state index in [0.717, 1.165) is 0 Å². The molecule has 0 amide bonds. The first-order valence-corrected chi connectivity index (χ1v) is 7.55. The number of hydrogen-bond acceptors (Lipinski definition) is 0. The predicted octanol–water partition coefficient (Wildman–Crippen LogP) is 6.83. The van der Waals surface area contributed by atoms with Crippen molar-refractivity contribution in [3.05, 3.63) is 78.9 Å². The summed E-state index contributed by atoms with van der Waals surface area (Å²) in [6.07, 6.45) is 13.4. The van der Waals surface area contributed by atoms with Gasteiger partial charge in [0.2, 0.25) is 0 Å². The Kier molecular flexibility index (Phi) is 17.6. The Morgan fingerprint density at radius 3 is 1.95 bits per heavy atom. The summed E-state index contributed by atoms with van der Waals surface area (Å²) in [5.74, 6) is 0. The third-order valence-corrected chi connectivity index (χ3v) is 2.29. The summed E-state index contributed by atoms with van der Waals surface area (Å²) >= 11 is 0. The molecule has 1 aliphatic rings. The molecule has 0 saturated heterocycles. The van der Waals surface area contributed by atoms with Crippen molar-refractivity contribution >= 4 is 6.08 Å². The maximum absolute atomic E-state index is 3.00. The molecule has 2 rings (SSSR count). The van der Waals surface area contributed by atoms with Crippen LogP contribution in [-0.2, 0) is 0 Å². The third-order valence-electron chi connectivity index (χ3n) is 2.29. The average molecular weight is 270 g/mol. The molecule has 0 saturated carbocycles. The van der Waals surface area contributed by atoms with Crippen LogP contribution in [0.4, 0.5) is 0 Å². The highest BCUT2D eigenvalue weighted by Crippen LogP contribution is 2.12. The van der Waals surface area contributed by atoms with Crippen LogP contribution in [0.3, 0.4) is 0 Å². The molecule has 1 aromatic carbocycles. The maximum Gasteiger partial charge on any atom is -0.0256 e. The van der Waals surface area contributed by atoms with Gasteiger partial charge < -0.3 is 0 Å². The van der Waals surface area contributed by atoms with E-state index in [4.69, 9.17) is 0 Å². The highest BCUT2D eigenvalue weighted by Gasteiger charge is 1.91. The molecule has 0 bridgehead atoms. The van der Waals surface area contributed by atoms with Gasteiger partial charge >= 0.3 is 0 Å². The van der Waals surface area contributed by atoms with Crippen LogP contribution in [0.25, 0.3) is 6.08 Å². The van der Waals surface area contributed by atoms with Crippen molar-refractivity contribution in [3.8, 4) is 0 Å². The molecule has 0 heteroatoms. The van der Waals surface area contributed by atoms with E-state index in [9.17, 15) is 0 Å². The minimum atomic E-state index is 1.17. The monoisotopic (exact) mass is 270 g/mol. The van der Waals surface area contributed by atoms with Gasteiger partial charge in [-0.05, 0) is 24.0 Å². The number of allylic oxidation sites excluding steroid dienone is 5. The van der Waals surface area contributed by atoms with Crippen molar-refractivity contribution in [2.24, 2.45) is 0 Å². The van der Waals surface area contributed by atoms with E-state index in [1.165, 1.54) is 24.0 Å². The molecule has 0 heterocycles. The molecule has 0 nitrogen and oxygen atoms in total. The van der Waals surface area contributed by atoms with Gasteiger partial charge in [0.1, 0.15) is 0 Å². The third kappa shape index (κ3) is 10.1. The van der Waals surface area contributed by atoms with Crippen molar-refractivity contribution in [2.75, 3.05) is 0 Å². The van der Waals surface area contributed by atoms with Crippen molar-refractivity contribution in [3.63, 3.8) is 0 Å². The second kappa shape index (κ2) is 17.2. The normalized spacial score (nSPS) is 11.9. The molecule has 0 fully saturated rings. The van der Waals surface area contributed by atoms with E-state index in [0.29, 0.717) is 0 Å². The number of hydrogen-bond donors (Lipinski definition) is 0. The lowest BCUT2D eigenvalue weighted by atomic mass is 10.1. The van der Waals surface area contributed by atoms with Crippen LogP contribution in [0.5, 0.6) is 0 Å². The fraction of sp³-hybridized carbons (Fsp3) is 0.300. The summed E-state index contributed by atoms with van der Waals surface area (Å²) in [7, 11) is 0. The molecular weight excluding hydrogens is 240 g/mol. The Balaban J connectivity index is 0. The van der Waals surface area contributed by atoms with E-state index >= 15 is 0 Å². The van der Waals surface area contributed by atoms with E-state index in [1.807, 2.05) is 33.8 Å². The van der Waals surface area contributed by atoms with Gasteiger partial charge in [-0.15, -0.1) is 13.2 Å². The Hall–Kier alpha value is -1.82. The van der Waals surface area contributed by atoms with E-state index < -0.39 is 0 Å². The molecule has 110 valence electrons. The highest BCUT2D eigenvalue weighted by molar-refractivity contribution is 5.54. The summed E-state index contributed by atoms with van der Waals surface area (Å²) in [5.41, 5.74) is 2.58. The van der Waals surface area contributed by atoms with Crippen LogP contribution in [0.2, 0.25) is 0 Å². The minimum absolute atomic E-state index is 1.17. The predicted molar refractivity (Wildman–Crippen MR) is 95.9 cm³/mol. The van der Waals surface area contributed by atoms with E-state index in [2.05, 4.69) is 67.8 Å². The van der Waals surface area contributed by atoms with Crippen molar-refractivity contribution < 1.29 is 0 Å². The van der Waals surface area contributed by atoms with Gasteiger partial charge in [0.15, 0.2) is 0 Å². The summed E-state index contributed by atoms with van der Waals surface area (Å²) < 4.78 is 0. The molecule has 0 aromatic heterocycles. The smallest absolute Gasteiger partial charge is 0.0256 e. The lowest BCUT2D eigenvalue weighted by Gasteiger charge is -2.00. The zero-order valence-electron chi connectivity index (χ0n) is 13.6. The second-order valence-corrected chi connectivity index (χ2v) is 3.43. The van der Waals surface area contributed by atoms with Crippen molar-refractivity contribution in [1.29, 1.82) is 0 Å². The zero-order chi connectivity index (χ0) is 15.6. The number of benzene rings is 1. The molecule has 0 radical (unpaired) electrons. The fourth-order valence-corrected chi connectivity index (χ4v) is 1.51. The van der Waals surface area contributed by atoms with Gasteiger partial charge in [0.25, 0.3) is 0 Å². The molecule has 1 aromatic rings. The lowest BCUT2D eigenvalue weighted by molar-refractivity contribution is 1.03. The molecular formula is C20H30. The summed E-state index contributed by atoms with van der Waals surface area (Å²) in [5, 5.41) is 0. The van der Waals surface area contributed by atoms with Crippen LogP contribution < -0.4 is 0 Å². The molecule has 0 unspecified atom stereocenters. The molecule has 0 atom stereocenters. The minimum Gasteiger partial charge on any atom is -0.106 e. The second-order valence-electron chi connectivity index (χ2n) is 3.43. The average Bonchev–Trinajstić information content (AvgIpc) is 2.60. The first kappa shape index (κ1) is 20.5. The quantitative estimate of drug-likeness (QED) is 0.516. The van der Waals surface area contributed by atoms with Gasteiger partial charge in [0, 0.05) is 0 Å². The molecule has 20 heavy (non-hydrogen) atoms. The molecule has 0 aliphatic heterocycles. The van der Waals surface area contributed by atoms with Crippen molar-refractivity contribution in [2.45, 2.75) is 40.5 Å². The standard InChI is InChI=1S/C14H14.2C2H6.C2H4/c1-3-7-13(8-4-1)11-12-14-9-5-2-6-10-14;3*1-2/h1,3-5,7-12H,2,6H2;2*1-2H3;1-2H2/b12-11+;;;. The topological polar surface area (TPSA) is 0 Å². The number of rotatable bonds is 2. The molecule has 0 spiro atoms. The summed E-state index contributed by atoms with van der Waals surface area (Å²) in [6, 6.07) is 10.4. The lowest BCUT2D eigenvalue weighted by Crippen LogP contribution is -1.79. The first-order valence-electron chi connectivity index (χ1n) is 7.55. The Morgan fingerprint density at radius 2 is 1.45 bits per heavy atom. The largest absolute Gasteiger partial charge is 0.106 e. The van der Waals surface area contributed by atoms with Gasteiger partial charge in [-0.25, -0.2) is 0 Å². The maximum atomic E-state index is 3.00. The SMILES string of the molecule is C1=CC(/C=C/c2ccccc2)=CCC1.C=C.CC.CC.